The molecule has 1 saturated carbocycles. The van der Waals surface area contributed by atoms with Crippen molar-refractivity contribution in [3.05, 3.63) is 52.8 Å². The first kappa shape index (κ1) is 31.6. The Morgan fingerprint density at radius 2 is 1.52 bits per heavy atom. The molecule has 1 aromatic carbocycles. The van der Waals surface area contributed by atoms with Gasteiger partial charge in [0.15, 0.2) is 0 Å². The molecule has 1 fully saturated rings. The lowest BCUT2D eigenvalue weighted by molar-refractivity contribution is 0.0511. The Morgan fingerprint density at radius 3 is 2.07 bits per heavy atom. The van der Waals surface area contributed by atoms with Gasteiger partial charge in [-0.25, -0.2) is 14.2 Å². The van der Waals surface area contributed by atoms with Gasteiger partial charge in [0.2, 0.25) is 0 Å². The van der Waals surface area contributed by atoms with Gasteiger partial charge >= 0.3 is 12.2 Å². The van der Waals surface area contributed by atoms with Crippen molar-refractivity contribution in [2.45, 2.75) is 118 Å². The summed E-state index contributed by atoms with van der Waals surface area (Å²) in [4.78, 5) is 30.5. The van der Waals surface area contributed by atoms with Crippen LogP contribution in [-0.2, 0) is 9.47 Å². The van der Waals surface area contributed by atoms with Crippen LogP contribution in [0.5, 0.6) is 0 Å². The number of pyridine rings is 1. The molecule has 1 aliphatic carbocycles. The zero-order valence-electron chi connectivity index (χ0n) is 27.2. The number of hydrogen-bond acceptors (Lipinski definition) is 5. The summed E-state index contributed by atoms with van der Waals surface area (Å²) in [5.41, 5.74) is 5.90. The predicted octanol–water partition coefficient (Wildman–Crippen LogP) is 9.03. The lowest BCUT2D eigenvalue weighted by Crippen LogP contribution is -2.36. The van der Waals surface area contributed by atoms with Gasteiger partial charge < -0.3 is 14.8 Å². The van der Waals surface area contributed by atoms with E-state index in [4.69, 9.17) is 9.47 Å². The summed E-state index contributed by atoms with van der Waals surface area (Å²) in [6.45, 7) is 20.3. The maximum atomic E-state index is 13.8. The number of amides is 1. The second-order valence-corrected chi connectivity index (χ2v) is 14.2. The Morgan fingerprint density at radius 1 is 0.929 bits per heavy atom. The van der Waals surface area contributed by atoms with E-state index in [1.807, 2.05) is 55.4 Å². The van der Waals surface area contributed by atoms with Gasteiger partial charge in [-0.3, -0.25) is 4.98 Å². The minimum absolute atomic E-state index is 0.185. The molecule has 4 rings (SSSR count). The third-order valence-corrected chi connectivity index (χ3v) is 7.79. The van der Waals surface area contributed by atoms with Crippen LogP contribution in [0.1, 0.15) is 115 Å². The summed E-state index contributed by atoms with van der Waals surface area (Å²) in [6, 6.07) is 10.7. The topological polar surface area (TPSA) is 82.5 Å². The summed E-state index contributed by atoms with van der Waals surface area (Å²) in [7, 11) is 0. The van der Waals surface area contributed by atoms with Crippen LogP contribution in [0.2, 0.25) is 0 Å². The molecule has 7 nitrogen and oxygen atoms in total. The molecule has 1 N–H and O–H groups in total. The zero-order valence-corrected chi connectivity index (χ0v) is 27.2. The van der Waals surface area contributed by atoms with Crippen molar-refractivity contribution in [2.75, 3.05) is 6.54 Å². The lowest BCUT2D eigenvalue weighted by Gasteiger charge is -2.29. The van der Waals surface area contributed by atoms with Crippen LogP contribution >= 0.6 is 0 Å². The molecule has 228 valence electrons. The molecule has 42 heavy (non-hydrogen) atoms. The predicted molar refractivity (Wildman–Crippen MR) is 169 cm³/mol. The Bertz CT molecular complexity index is 1430. The summed E-state index contributed by atoms with van der Waals surface area (Å²) < 4.78 is 13.1. The van der Waals surface area contributed by atoms with E-state index in [1.54, 1.807) is 4.57 Å². The van der Waals surface area contributed by atoms with Crippen LogP contribution in [0.3, 0.4) is 0 Å². The average molecular weight is 576 g/mol. The van der Waals surface area contributed by atoms with Gasteiger partial charge in [0.05, 0.1) is 11.2 Å². The fourth-order valence-electron chi connectivity index (χ4n) is 6.17. The third kappa shape index (κ3) is 7.53. The maximum absolute atomic E-state index is 13.8. The number of fused-ring (bicyclic) bond motifs is 1. The first-order valence-corrected chi connectivity index (χ1v) is 15.4. The highest BCUT2D eigenvalue weighted by molar-refractivity contribution is 6.00. The van der Waals surface area contributed by atoms with Crippen molar-refractivity contribution in [2.24, 2.45) is 5.92 Å². The van der Waals surface area contributed by atoms with Gasteiger partial charge in [-0.15, -0.1) is 0 Å². The Kier molecular flexibility index (Phi) is 9.10. The van der Waals surface area contributed by atoms with Crippen molar-refractivity contribution in [3.8, 4) is 11.3 Å². The van der Waals surface area contributed by atoms with E-state index in [2.05, 4.69) is 54.5 Å². The number of alkyl carbamates (subject to hydrolysis) is 1. The minimum atomic E-state index is -0.621. The molecule has 3 aromatic rings. The molecule has 1 amide bonds. The van der Waals surface area contributed by atoms with Crippen molar-refractivity contribution in [1.82, 2.24) is 14.9 Å². The minimum Gasteiger partial charge on any atom is -0.444 e. The highest BCUT2D eigenvalue weighted by Crippen LogP contribution is 2.42. The fourth-order valence-corrected chi connectivity index (χ4v) is 6.17. The standard InChI is InChI=1S/C35H49N3O4/c1-21(2)30-28-19-26(25-13-11-24(12-14-25)20-36-32(39)41-34(5,6)7)15-16-29(28)38(33(40)42-35(8,9)10)31(30)27-17-22(3)37-23(4)18-27/h15-19,21,24-25H,11-14,20H2,1-10H3,(H,36,39). The summed E-state index contributed by atoms with van der Waals surface area (Å²) in [5.74, 6) is 1.07. The monoisotopic (exact) mass is 575 g/mol. The third-order valence-electron chi connectivity index (χ3n) is 7.79. The van der Waals surface area contributed by atoms with Crippen molar-refractivity contribution >= 4 is 23.1 Å². The summed E-state index contributed by atoms with van der Waals surface area (Å²) in [6.07, 6.45) is 3.51. The van der Waals surface area contributed by atoms with Gasteiger partial charge in [0.25, 0.3) is 0 Å². The summed E-state index contributed by atoms with van der Waals surface area (Å²) in [5, 5.41) is 4.06. The van der Waals surface area contributed by atoms with E-state index < -0.39 is 11.2 Å². The molecule has 0 saturated heterocycles. The van der Waals surface area contributed by atoms with Gasteiger partial charge in [-0.05, 0) is 134 Å². The number of benzene rings is 1. The number of nitrogens with zero attached hydrogens (tertiary/aromatic N) is 2. The molecule has 0 unspecified atom stereocenters. The number of hydrogen-bond donors (Lipinski definition) is 1. The Balaban J connectivity index is 1.68. The van der Waals surface area contributed by atoms with Crippen LogP contribution in [0.15, 0.2) is 30.3 Å². The van der Waals surface area contributed by atoms with Crippen LogP contribution in [0.25, 0.3) is 22.2 Å². The second kappa shape index (κ2) is 12.1. The van der Waals surface area contributed by atoms with Crippen molar-refractivity contribution in [3.63, 3.8) is 0 Å². The second-order valence-electron chi connectivity index (χ2n) is 14.2. The van der Waals surface area contributed by atoms with E-state index in [-0.39, 0.29) is 18.1 Å². The normalized spacial score (nSPS) is 17.9. The highest BCUT2D eigenvalue weighted by atomic mass is 16.6. The molecule has 0 radical (unpaired) electrons. The van der Waals surface area contributed by atoms with Crippen LogP contribution in [0.4, 0.5) is 9.59 Å². The average Bonchev–Trinajstić information content (AvgIpc) is 3.20. The number of aromatic nitrogens is 2. The number of rotatable bonds is 5. The first-order chi connectivity index (χ1) is 19.5. The molecular formula is C35H49N3O4. The maximum Gasteiger partial charge on any atom is 0.419 e. The van der Waals surface area contributed by atoms with E-state index in [0.29, 0.717) is 18.4 Å². The Hall–Kier alpha value is -3.35. The van der Waals surface area contributed by atoms with Gasteiger partial charge in [0, 0.05) is 28.9 Å². The molecule has 1 aliphatic rings. The van der Waals surface area contributed by atoms with Crippen molar-refractivity contribution in [1.29, 1.82) is 0 Å². The van der Waals surface area contributed by atoms with Crippen LogP contribution in [0, 0.1) is 19.8 Å². The first-order valence-electron chi connectivity index (χ1n) is 15.4. The van der Waals surface area contributed by atoms with E-state index in [9.17, 15) is 9.59 Å². The molecule has 2 heterocycles. The molecule has 0 aliphatic heterocycles. The molecule has 7 heteroatoms. The highest BCUT2D eigenvalue weighted by Gasteiger charge is 2.30. The zero-order chi connectivity index (χ0) is 31.0. The van der Waals surface area contributed by atoms with Gasteiger partial charge in [-0.2, -0.15) is 0 Å². The molecule has 0 atom stereocenters. The van der Waals surface area contributed by atoms with E-state index >= 15 is 0 Å². The number of nitrogens with one attached hydrogen (secondary N) is 1. The van der Waals surface area contributed by atoms with Crippen LogP contribution < -0.4 is 5.32 Å². The quantitative estimate of drug-likeness (QED) is 0.328. The van der Waals surface area contributed by atoms with Gasteiger partial charge in [-0.1, -0.05) is 19.9 Å². The largest absolute Gasteiger partial charge is 0.444 e. The fraction of sp³-hybridized carbons (Fsp3) is 0.571. The molecule has 2 aromatic heterocycles. The van der Waals surface area contributed by atoms with Crippen LogP contribution in [-0.4, -0.2) is 39.5 Å². The smallest absolute Gasteiger partial charge is 0.419 e. The van der Waals surface area contributed by atoms with E-state index in [1.165, 1.54) is 5.56 Å². The summed E-state index contributed by atoms with van der Waals surface area (Å²) >= 11 is 0. The molecule has 0 spiro atoms. The van der Waals surface area contributed by atoms with Crippen molar-refractivity contribution < 1.29 is 19.1 Å². The number of ether oxygens (including phenoxy) is 2. The van der Waals surface area contributed by atoms with Gasteiger partial charge in [0.1, 0.15) is 11.2 Å². The number of carbonyl (C=O) groups excluding carboxylic acids is 2. The Labute approximate surface area is 251 Å². The SMILES string of the molecule is Cc1cc(-c2c(C(C)C)c3cc(C4CCC(CNC(=O)OC(C)(C)C)CC4)ccc3n2C(=O)OC(C)(C)C)cc(C)n1. The number of carbonyl (C=O) groups is 2. The van der Waals surface area contributed by atoms with E-state index in [0.717, 1.165) is 64.8 Å². The molecular weight excluding hydrogens is 526 g/mol. The molecule has 0 bridgehead atoms. The lowest BCUT2D eigenvalue weighted by atomic mass is 9.78. The number of aryl methyl sites for hydroxylation is 2.